The van der Waals surface area contributed by atoms with Crippen molar-refractivity contribution in [1.82, 2.24) is 4.31 Å². The van der Waals surface area contributed by atoms with Crippen LogP contribution in [-0.2, 0) is 19.6 Å². The highest BCUT2D eigenvalue weighted by Crippen LogP contribution is 2.32. The fraction of sp³-hybridized carbons (Fsp3) is 0.583. The van der Waals surface area contributed by atoms with Crippen molar-refractivity contribution in [1.29, 1.82) is 0 Å². The Kier molecular flexibility index (Phi) is 4.19. The average Bonchev–Trinajstić information content (AvgIpc) is 2.92. The first-order valence-electron chi connectivity index (χ1n) is 6.12. The number of carbonyl (C=O) groups excluding carboxylic acids is 1. The zero-order valence-electron chi connectivity index (χ0n) is 11.5. The summed E-state index contributed by atoms with van der Waals surface area (Å²) in [5.74, 6) is -0.644. The highest BCUT2D eigenvalue weighted by molar-refractivity contribution is 7.89. The Balaban J connectivity index is 2.42. The maximum Gasteiger partial charge on any atom is 0.324 e. The average molecular weight is 319 g/mol. The molecular weight excluding hydrogens is 302 g/mol. The SMILES string of the molecule is COC(=O)C1CC(O)CN1S(=O)(=O)c1cc(C)sc1C. The number of rotatable bonds is 3. The van der Waals surface area contributed by atoms with E-state index in [2.05, 4.69) is 4.74 Å². The molecule has 0 aromatic carbocycles. The molecule has 0 saturated carbocycles. The standard InChI is InChI=1S/C12H17NO5S2/c1-7-4-11(8(2)19-7)20(16,17)13-6-9(14)5-10(13)12(15)18-3/h4,9-10,14H,5-6H2,1-3H3. The number of hydrogen-bond donors (Lipinski definition) is 1. The van der Waals surface area contributed by atoms with Crippen LogP contribution in [0.5, 0.6) is 0 Å². The number of carbonyl (C=O) groups is 1. The van der Waals surface area contributed by atoms with E-state index in [9.17, 15) is 18.3 Å². The number of aliphatic hydroxyl groups excluding tert-OH is 1. The smallest absolute Gasteiger partial charge is 0.324 e. The molecule has 0 amide bonds. The molecule has 0 bridgehead atoms. The molecule has 1 aliphatic heterocycles. The molecule has 0 aliphatic carbocycles. The van der Waals surface area contributed by atoms with Crippen molar-refractivity contribution >= 4 is 27.3 Å². The van der Waals surface area contributed by atoms with Crippen LogP contribution in [0.25, 0.3) is 0 Å². The quantitative estimate of drug-likeness (QED) is 0.828. The van der Waals surface area contributed by atoms with Gasteiger partial charge in [-0.1, -0.05) is 0 Å². The number of esters is 1. The number of hydrogen-bond acceptors (Lipinski definition) is 6. The molecule has 1 aromatic heterocycles. The second kappa shape index (κ2) is 5.44. The van der Waals surface area contributed by atoms with Gasteiger partial charge in [-0.05, 0) is 19.9 Å². The number of methoxy groups -OCH3 is 1. The van der Waals surface area contributed by atoms with Crippen LogP contribution in [0.2, 0.25) is 0 Å². The van der Waals surface area contributed by atoms with E-state index in [1.54, 1.807) is 13.0 Å². The Hall–Kier alpha value is -0.960. The number of β-amino-alcohol motifs (C(OH)–C–C–N with tert-alkyl or cyclic N) is 1. The lowest BCUT2D eigenvalue weighted by atomic mass is 10.2. The molecule has 2 unspecified atom stereocenters. The van der Waals surface area contributed by atoms with Gasteiger partial charge in [0.2, 0.25) is 10.0 Å². The molecule has 0 radical (unpaired) electrons. The molecular formula is C12H17NO5S2. The molecule has 2 rings (SSSR count). The van der Waals surface area contributed by atoms with Crippen molar-refractivity contribution < 1.29 is 23.1 Å². The molecule has 1 aromatic rings. The van der Waals surface area contributed by atoms with Crippen LogP contribution in [0.1, 0.15) is 16.2 Å². The van der Waals surface area contributed by atoms with Gasteiger partial charge >= 0.3 is 5.97 Å². The fourth-order valence-electron chi connectivity index (χ4n) is 2.39. The van der Waals surface area contributed by atoms with E-state index in [4.69, 9.17) is 0 Å². The maximum atomic E-state index is 12.7. The summed E-state index contributed by atoms with van der Waals surface area (Å²) in [7, 11) is -2.60. The molecule has 8 heteroatoms. The topological polar surface area (TPSA) is 83.9 Å². The van der Waals surface area contributed by atoms with Crippen LogP contribution < -0.4 is 0 Å². The second-order valence-corrected chi connectivity index (χ2v) is 8.10. The highest BCUT2D eigenvalue weighted by atomic mass is 32.2. The summed E-state index contributed by atoms with van der Waals surface area (Å²) in [4.78, 5) is 13.5. The second-order valence-electron chi connectivity index (χ2n) is 4.78. The number of ether oxygens (including phenoxy) is 1. The van der Waals surface area contributed by atoms with Crippen LogP contribution in [0.4, 0.5) is 0 Å². The van der Waals surface area contributed by atoms with Gasteiger partial charge in [-0.2, -0.15) is 4.31 Å². The lowest BCUT2D eigenvalue weighted by Crippen LogP contribution is -2.41. The van der Waals surface area contributed by atoms with Crippen LogP contribution in [0.3, 0.4) is 0 Å². The first-order chi connectivity index (χ1) is 9.27. The van der Waals surface area contributed by atoms with Gasteiger partial charge in [0.05, 0.1) is 18.1 Å². The first-order valence-corrected chi connectivity index (χ1v) is 8.37. The predicted molar refractivity (Wildman–Crippen MR) is 74.1 cm³/mol. The predicted octanol–water partition coefficient (Wildman–Crippen LogP) is 0.662. The van der Waals surface area contributed by atoms with Crippen LogP contribution in [-0.4, -0.2) is 49.6 Å². The van der Waals surface area contributed by atoms with Gasteiger partial charge in [0.25, 0.3) is 0 Å². The first kappa shape index (κ1) is 15.4. The fourth-order valence-corrected chi connectivity index (χ4v) is 5.54. The number of aliphatic hydroxyl groups is 1. The van der Waals surface area contributed by atoms with E-state index in [1.807, 2.05) is 6.92 Å². The third-order valence-corrected chi connectivity index (χ3v) is 6.38. The van der Waals surface area contributed by atoms with E-state index >= 15 is 0 Å². The maximum absolute atomic E-state index is 12.7. The Morgan fingerprint density at radius 1 is 1.50 bits per heavy atom. The van der Waals surface area contributed by atoms with Crippen molar-refractivity contribution in [3.8, 4) is 0 Å². The Morgan fingerprint density at radius 3 is 2.65 bits per heavy atom. The van der Waals surface area contributed by atoms with E-state index in [0.29, 0.717) is 4.88 Å². The van der Waals surface area contributed by atoms with Gasteiger partial charge in [0.1, 0.15) is 6.04 Å². The zero-order valence-corrected chi connectivity index (χ0v) is 13.1. The summed E-state index contributed by atoms with van der Waals surface area (Å²) in [6.07, 6.45) is -0.789. The summed E-state index contributed by atoms with van der Waals surface area (Å²) in [5.41, 5.74) is 0. The van der Waals surface area contributed by atoms with Gasteiger partial charge in [-0.25, -0.2) is 8.42 Å². The molecule has 6 nitrogen and oxygen atoms in total. The van der Waals surface area contributed by atoms with Gasteiger partial charge in [-0.15, -0.1) is 11.3 Å². The number of nitrogens with zero attached hydrogens (tertiary/aromatic N) is 1. The van der Waals surface area contributed by atoms with E-state index < -0.39 is 28.1 Å². The van der Waals surface area contributed by atoms with Crippen LogP contribution in [0.15, 0.2) is 11.0 Å². The van der Waals surface area contributed by atoms with Crippen molar-refractivity contribution in [3.63, 3.8) is 0 Å². The molecule has 2 atom stereocenters. The molecule has 0 spiro atoms. The molecule has 1 saturated heterocycles. The highest BCUT2D eigenvalue weighted by Gasteiger charge is 2.44. The van der Waals surface area contributed by atoms with Crippen LogP contribution in [0, 0.1) is 13.8 Å². The Morgan fingerprint density at radius 2 is 2.15 bits per heavy atom. The third-order valence-electron chi connectivity index (χ3n) is 3.29. The van der Waals surface area contributed by atoms with Crippen molar-refractivity contribution in [2.24, 2.45) is 0 Å². The summed E-state index contributed by atoms with van der Waals surface area (Å²) in [5, 5.41) is 9.69. The number of aryl methyl sites for hydroxylation is 2. The lowest BCUT2D eigenvalue weighted by Gasteiger charge is -2.21. The lowest BCUT2D eigenvalue weighted by molar-refractivity contribution is -0.144. The van der Waals surface area contributed by atoms with Crippen molar-refractivity contribution in [2.45, 2.75) is 37.3 Å². The van der Waals surface area contributed by atoms with Crippen molar-refractivity contribution in [2.75, 3.05) is 13.7 Å². The van der Waals surface area contributed by atoms with Crippen molar-refractivity contribution in [3.05, 3.63) is 15.8 Å². The largest absolute Gasteiger partial charge is 0.468 e. The normalized spacial score (nSPS) is 24.0. The molecule has 20 heavy (non-hydrogen) atoms. The van der Waals surface area contributed by atoms with E-state index in [-0.39, 0.29) is 17.9 Å². The Bertz CT molecular complexity index is 622. The summed E-state index contributed by atoms with van der Waals surface area (Å²) < 4.78 is 31.0. The van der Waals surface area contributed by atoms with E-state index in [0.717, 1.165) is 9.18 Å². The van der Waals surface area contributed by atoms with E-state index in [1.165, 1.54) is 18.4 Å². The third kappa shape index (κ3) is 2.60. The molecule has 112 valence electrons. The van der Waals surface area contributed by atoms with Gasteiger partial charge in [0.15, 0.2) is 0 Å². The summed E-state index contributed by atoms with van der Waals surface area (Å²) >= 11 is 1.39. The molecule has 1 N–H and O–H groups in total. The molecule has 2 heterocycles. The summed E-state index contributed by atoms with van der Waals surface area (Å²) in [6, 6.07) is 0.633. The molecule has 1 fully saturated rings. The minimum atomic E-state index is -3.80. The van der Waals surface area contributed by atoms with Gasteiger partial charge in [-0.3, -0.25) is 4.79 Å². The zero-order chi connectivity index (χ0) is 15.1. The van der Waals surface area contributed by atoms with Crippen LogP contribution >= 0.6 is 11.3 Å². The minimum absolute atomic E-state index is 0.0636. The Labute approximate surface area is 122 Å². The monoisotopic (exact) mass is 319 g/mol. The van der Waals surface area contributed by atoms with Gasteiger partial charge < -0.3 is 9.84 Å². The summed E-state index contributed by atoms with van der Waals surface area (Å²) in [6.45, 7) is 3.47. The number of thiophene rings is 1. The minimum Gasteiger partial charge on any atom is -0.468 e. The van der Waals surface area contributed by atoms with Gasteiger partial charge in [0, 0.05) is 22.7 Å². The number of sulfonamides is 1. The molecule has 1 aliphatic rings.